The zero-order valence-corrected chi connectivity index (χ0v) is 8.04. The number of nitrogens with zero attached hydrogens (tertiary/aromatic N) is 1. The number of benzene rings is 1. The molecule has 0 bridgehead atoms. The van der Waals surface area contributed by atoms with Gasteiger partial charge in [0, 0.05) is 12.2 Å². The van der Waals surface area contributed by atoms with Crippen molar-refractivity contribution in [3.63, 3.8) is 0 Å². The molecule has 1 aromatic carbocycles. The number of anilines is 1. The summed E-state index contributed by atoms with van der Waals surface area (Å²) in [7, 11) is 0. The Kier molecular flexibility index (Phi) is 2.26. The van der Waals surface area contributed by atoms with Crippen molar-refractivity contribution < 1.29 is 5.11 Å². The predicted octanol–water partition coefficient (Wildman–Crippen LogP) is 1.07. The van der Waals surface area contributed by atoms with Crippen molar-refractivity contribution >= 4 is 11.6 Å². The lowest BCUT2D eigenvalue weighted by Crippen LogP contribution is -2.26. The molecule has 0 atom stereocenters. The minimum absolute atomic E-state index is 0.286. The van der Waals surface area contributed by atoms with Crippen molar-refractivity contribution in [1.29, 1.82) is 0 Å². The highest BCUT2D eigenvalue weighted by Gasteiger charge is 2.06. The first-order valence-electron chi connectivity index (χ1n) is 4.61. The molecule has 0 saturated heterocycles. The zero-order valence-electron chi connectivity index (χ0n) is 8.04. The molecule has 0 unspecified atom stereocenters. The van der Waals surface area contributed by atoms with Gasteiger partial charge in [0.2, 0.25) is 0 Å². The molecule has 1 aromatic rings. The Hall–Kier alpha value is -1.71. The Labute approximate surface area is 82.7 Å². The molecular weight excluding hydrogens is 178 g/mol. The minimum atomic E-state index is 0.286. The van der Waals surface area contributed by atoms with Gasteiger partial charge in [0.15, 0.2) is 5.96 Å². The third-order valence-corrected chi connectivity index (χ3v) is 2.14. The smallest absolute Gasteiger partial charge is 0.195 e. The predicted molar refractivity (Wildman–Crippen MR) is 56.8 cm³/mol. The zero-order chi connectivity index (χ0) is 9.97. The molecule has 0 spiro atoms. The molecule has 1 heterocycles. The number of nitrogens with one attached hydrogen (secondary N) is 2. The maximum atomic E-state index is 9.22. The maximum absolute atomic E-state index is 9.22. The Morgan fingerprint density at radius 3 is 3.00 bits per heavy atom. The maximum Gasteiger partial charge on any atom is 0.195 e. The number of rotatable bonds is 1. The van der Waals surface area contributed by atoms with Crippen LogP contribution in [0.2, 0.25) is 0 Å². The van der Waals surface area contributed by atoms with E-state index in [4.69, 9.17) is 0 Å². The Balaban J connectivity index is 2.16. The van der Waals surface area contributed by atoms with E-state index in [2.05, 4.69) is 15.6 Å². The lowest BCUT2D eigenvalue weighted by atomic mass is 10.2. The summed E-state index contributed by atoms with van der Waals surface area (Å²) in [6.45, 7) is 3.65. The molecule has 74 valence electrons. The average molecular weight is 191 g/mol. The second kappa shape index (κ2) is 3.57. The van der Waals surface area contributed by atoms with Crippen molar-refractivity contribution in [2.24, 2.45) is 4.99 Å². The van der Waals surface area contributed by atoms with Crippen molar-refractivity contribution in [3.8, 4) is 5.75 Å². The summed E-state index contributed by atoms with van der Waals surface area (Å²) >= 11 is 0. The SMILES string of the molecule is Cc1cc(O)ccc1NC1=NCCN1. The van der Waals surface area contributed by atoms with Crippen molar-refractivity contribution in [1.82, 2.24) is 5.32 Å². The molecule has 0 radical (unpaired) electrons. The number of phenols is 1. The lowest BCUT2D eigenvalue weighted by Gasteiger charge is -2.09. The second-order valence-corrected chi connectivity index (χ2v) is 3.28. The fourth-order valence-electron chi connectivity index (χ4n) is 1.40. The van der Waals surface area contributed by atoms with Crippen LogP contribution >= 0.6 is 0 Å². The van der Waals surface area contributed by atoms with E-state index in [1.54, 1.807) is 12.1 Å². The number of aromatic hydroxyl groups is 1. The van der Waals surface area contributed by atoms with Crippen LogP contribution in [-0.4, -0.2) is 24.2 Å². The van der Waals surface area contributed by atoms with Gasteiger partial charge in [-0.2, -0.15) is 0 Å². The Bertz CT molecular complexity index is 374. The molecule has 2 rings (SSSR count). The molecule has 1 aliphatic heterocycles. The first kappa shape index (κ1) is 8.87. The summed E-state index contributed by atoms with van der Waals surface area (Å²) in [5.74, 6) is 1.09. The van der Waals surface area contributed by atoms with Gasteiger partial charge in [-0.25, -0.2) is 0 Å². The monoisotopic (exact) mass is 191 g/mol. The van der Waals surface area contributed by atoms with Crippen LogP contribution < -0.4 is 10.6 Å². The summed E-state index contributed by atoms with van der Waals surface area (Å²) in [6, 6.07) is 5.22. The van der Waals surface area contributed by atoms with Crippen LogP contribution in [0.25, 0.3) is 0 Å². The highest BCUT2D eigenvalue weighted by Crippen LogP contribution is 2.19. The van der Waals surface area contributed by atoms with Gasteiger partial charge in [-0.1, -0.05) is 0 Å². The van der Waals surface area contributed by atoms with E-state index in [-0.39, 0.29) is 5.75 Å². The molecule has 0 fully saturated rings. The van der Waals surface area contributed by atoms with E-state index in [9.17, 15) is 5.11 Å². The summed E-state index contributed by atoms with van der Waals surface area (Å²) in [5, 5.41) is 15.5. The fourth-order valence-corrected chi connectivity index (χ4v) is 1.40. The van der Waals surface area contributed by atoms with Crippen LogP contribution in [0.1, 0.15) is 5.56 Å². The first-order valence-corrected chi connectivity index (χ1v) is 4.61. The van der Waals surface area contributed by atoms with Crippen molar-refractivity contribution in [2.45, 2.75) is 6.92 Å². The van der Waals surface area contributed by atoms with Crippen LogP contribution in [-0.2, 0) is 0 Å². The third kappa shape index (κ3) is 1.79. The molecule has 1 aliphatic rings. The van der Waals surface area contributed by atoms with E-state index < -0.39 is 0 Å². The number of hydrogen-bond donors (Lipinski definition) is 3. The molecule has 4 nitrogen and oxygen atoms in total. The van der Waals surface area contributed by atoms with Gasteiger partial charge < -0.3 is 15.7 Å². The molecule has 0 saturated carbocycles. The van der Waals surface area contributed by atoms with Gasteiger partial charge in [0.05, 0.1) is 6.54 Å². The Morgan fingerprint density at radius 1 is 1.50 bits per heavy atom. The van der Waals surface area contributed by atoms with Gasteiger partial charge in [-0.15, -0.1) is 0 Å². The first-order chi connectivity index (χ1) is 6.75. The summed E-state index contributed by atoms with van der Waals surface area (Å²) in [5.41, 5.74) is 1.97. The van der Waals surface area contributed by atoms with Gasteiger partial charge in [0.1, 0.15) is 5.75 Å². The number of phenolic OH excluding ortho intramolecular Hbond substituents is 1. The van der Waals surface area contributed by atoms with Crippen molar-refractivity contribution in [3.05, 3.63) is 23.8 Å². The standard InChI is InChI=1S/C10H13N3O/c1-7-6-8(14)2-3-9(7)13-10-11-4-5-12-10/h2-3,6,14H,4-5H2,1H3,(H2,11,12,13). The van der Waals surface area contributed by atoms with Crippen LogP contribution in [0.15, 0.2) is 23.2 Å². The minimum Gasteiger partial charge on any atom is -0.508 e. The summed E-state index contributed by atoms with van der Waals surface area (Å²) in [4.78, 5) is 4.23. The number of aliphatic imine (C=N–C) groups is 1. The average Bonchev–Trinajstić information content (AvgIpc) is 2.62. The molecule has 14 heavy (non-hydrogen) atoms. The van der Waals surface area contributed by atoms with Crippen LogP contribution in [0, 0.1) is 6.92 Å². The Morgan fingerprint density at radius 2 is 2.36 bits per heavy atom. The molecule has 0 aromatic heterocycles. The second-order valence-electron chi connectivity index (χ2n) is 3.28. The van der Waals surface area contributed by atoms with E-state index >= 15 is 0 Å². The number of guanidine groups is 1. The molecular formula is C10H13N3O. The van der Waals surface area contributed by atoms with Crippen LogP contribution in [0.5, 0.6) is 5.75 Å². The van der Waals surface area contributed by atoms with Gasteiger partial charge >= 0.3 is 0 Å². The van der Waals surface area contributed by atoms with E-state index in [1.807, 2.05) is 13.0 Å². The normalized spacial score (nSPS) is 14.8. The van der Waals surface area contributed by atoms with E-state index in [0.29, 0.717) is 0 Å². The summed E-state index contributed by atoms with van der Waals surface area (Å²) < 4.78 is 0. The van der Waals surface area contributed by atoms with Gasteiger partial charge in [-0.3, -0.25) is 4.99 Å². The highest BCUT2D eigenvalue weighted by atomic mass is 16.3. The quantitative estimate of drug-likeness (QED) is 0.582. The summed E-state index contributed by atoms with van der Waals surface area (Å²) in [6.07, 6.45) is 0. The molecule has 0 amide bonds. The number of aryl methyl sites for hydroxylation is 1. The van der Waals surface area contributed by atoms with Gasteiger partial charge in [-0.05, 0) is 30.7 Å². The lowest BCUT2D eigenvalue weighted by molar-refractivity contribution is 0.475. The van der Waals surface area contributed by atoms with E-state index in [0.717, 1.165) is 30.3 Å². The van der Waals surface area contributed by atoms with Gasteiger partial charge in [0.25, 0.3) is 0 Å². The van der Waals surface area contributed by atoms with E-state index in [1.165, 1.54) is 0 Å². The highest BCUT2D eigenvalue weighted by molar-refractivity contribution is 5.95. The number of hydrogen-bond acceptors (Lipinski definition) is 4. The van der Waals surface area contributed by atoms with Crippen LogP contribution in [0.4, 0.5) is 5.69 Å². The fraction of sp³-hybridized carbons (Fsp3) is 0.300. The molecule has 0 aliphatic carbocycles. The third-order valence-electron chi connectivity index (χ3n) is 2.14. The largest absolute Gasteiger partial charge is 0.508 e. The topological polar surface area (TPSA) is 56.6 Å². The molecule has 3 N–H and O–H groups in total. The van der Waals surface area contributed by atoms with Crippen LogP contribution in [0.3, 0.4) is 0 Å². The molecule has 4 heteroatoms. The van der Waals surface area contributed by atoms with Crippen molar-refractivity contribution in [2.75, 3.05) is 18.4 Å².